The number of rotatable bonds is 4. The zero-order valence-corrected chi connectivity index (χ0v) is 18.2. The third-order valence-electron chi connectivity index (χ3n) is 5.11. The van der Waals surface area contributed by atoms with Crippen molar-refractivity contribution in [2.45, 2.75) is 6.04 Å². The lowest BCUT2D eigenvalue weighted by Gasteiger charge is -2.24. The highest BCUT2D eigenvalue weighted by atomic mass is 35.5. The number of carbonyl (C=O) groups is 1. The Morgan fingerprint density at radius 2 is 1.66 bits per heavy atom. The van der Waals surface area contributed by atoms with E-state index in [1.807, 2.05) is 60.7 Å². The van der Waals surface area contributed by atoms with Crippen LogP contribution in [0.25, 0.3) is 5.70 Å². The monoisotopic (exact) mass is 461 g/mol. The van der Waals surface area contributed by atoms with Gasteiger partial charge in [0.25, 0.3) is 11.9 Å². The molecule has 1 amide bonds. The van der Waals surface area contributed by atoms with Gasteiger partial charge in [0, 0.05) is 21.3 Å². The fraction of sp³-hybridized carbons (Fsp3) is 0.0417. The van der Waals surface area contributed by atoms with E-state index in [1.54, 1.807) is 28.9 Å². The summed E-state index contributed by atoms with van der Waals surface area (Å²) in [5, 5.41) is 11.8. The number of anilines is 2. The first kappa shape index (κ1) is 20.3. The zero-order chi connectivity index (χ0) is 22.1. The molecule has 0 unspecified atom stereocenters. The Hall–Kier alpha value is -3.61. The molecular weight excluding hydrogens is 445 g/mol. The molecule has 2 heterocycles. The maximum Gasteiger partial charge on any atom is 0.258 e. The molecule has 3 aromatic carbocycles. The molecule has 2 N–H and O–H groups in total. The first-order valence-corrected chi connectivity index (χ1v) is 10.7. The highest BCUT2D eigenvalue weighted by Gasteiger charge is 2.27. The molecule has 1 aliphatic heterocycles. The van der Waals surface area contributed by atoms with Crippen molar-refractivity contribution in [2.75, 3.05) is 10.6 Å². The smallest absolute Gasteiger partial charge is 0.258 e. The SMILES string of the molecule is O=C(Nc1nc2n(n1)[C@H](c1ccccc1Cl)C=C(c1ccccc1)N2)c1ccc(Cl)cc1. The van der Waals surface area contributed by atoms with Gasteiger partial charge < -0.3 is 5.32 Å². The van der Waals surface area contributed by atoms with E-state index < -0.39 is 0 Å². The van der Waals surface area contributed by atoms with Crippen molar-refractivity contribution in [1.82, 2.24) is 14.8 Å². The lowest BCUT2D eigenvalue weighted by Crippen LogP contribution is -2.20. The Morgan fingerprint density at radius 3 is 2.41 bits per heavy atom. The molecule has 0 saturated carbocycles. The highest BCUT2D eigenvalue weighted by molar-refractivity contribution is 6.31. The molecule has 8 heteroatoms. The van der Waals surface area contributed by atoms with Gasteiger partial charge in [0.15, 0.2) is 0 Å². The number of aromatic nitrogens is 3. The number of nitrogens with zero attached hydrogens (tertiary/aromatic N) is 3. The van der Waals surface area contributed by atoms with E-state index in [9.17, 15) is 4.79 Å². The Bertz CT molecular complexity index is 1320. The van der Waals surface area contributed by atoms with Gasteiger partial charge in [-0.2, -0.15) is 4.98 Å². The molecule has 5 rings (SSSR count). The van der Waals surface area contributed by atoms with Crippen LogP contribution in [0.2, 0.25) is 10.0 Å². The van der Waals surface area contributed by atoms with Gasteiger partial charge in [0.2, 0.25) is 5.95 Å². The molecule has 0 saturated heterocycles. The van der Waals surface area contributed by atoms with E-state index in [2.05, 4.69) is 20.7 Å². The summed E-state index contributed by atoms with van der Waals surface area (Å²) in [4.78, 5) is 17.1. The van der Waals surface area contributed by atoms with Crippen molar-refractivity contribution >= 4 is 46.7 Å². The quantitative estimate of drug-likeness (QED) is 0.397. The minimum absolute atomic E-state index is 0.187. The van der Waals surface area contributed by atoms with E-state index in [4.69, 9.17) is 23.2 Å². The minimum atomic E-state index is -0.324. The van der Waals surface area contributed by atoms with Crippen molar-refractivity contribution in [3.8, 4) is 0 Å². The van der Waals surface area contributed by atoms with Gasteiger partial charge in [-0.1, -0.05) is 71.7 Å². The van der Waals surface area contributed by atoms with Gasteiger partial charge in [0.1, 0.15) is 6.04 Å². The van der Waals surface area contributed by atoms with E-state index in [0.29, 0.717) is 21.6 Å². The van der Waals surface area contributed by atoms with Crippen LogP contribution < -0.4 is 10.6 Å². The molecule has 158 valence electrons. The number of fused-ring (bicyclic) bond motifs is 1. The van der Waals surface area contributed by atoms with E-state index in [1.165, 1.54) is 0 Å². The van der Waals surface area contributed by atoms with Crippen molar-refractivity contribution in [2.24, 2.45) is 0 Å². The molecule has 0 bridgehead atoms. The summed E-state index contributed by atoms with van der Waals surface area (Å²) in [5.74, 6) is 0.366. The number of halogens is 2. The topological polar surface area (TPSA) is 71.8 Å². The normalized spacial score (nSPS) is 14.8. The molecule has 1 atom stereocenters. The van der Waals surface area contributed by atoms with E-state index in [-0.39, 0.29) is 17.9 Å². The second-order valence-corrected chi connectivity index (χ2v) is 8.05. The molecule has 4 aromatic rings. The van der Waals surface area contributed by atoms with Gasteiger partial charge >= 0.3 is 0 Å². The number of nitrogens with one attached hydrogen (secondary N) is 2. The lowest BCUT2D eigenvalue weighted by atomic mass is 10.0. The van der Waals surface area contributed by atoms with Crippen LogP contribution in [0.5, 0.6) is 0 Å². The summed E-state index contributed by atoms with van der Waals surface area (Å²) in [6, 6.07) is 23.8. The van der Waals surface area contributed by atoms with Crippen LogP contribution in [0.1, 0.15) is 27.5 Å². The zero-order valence-electron chi connectivity index (χ0n) is 16.7. The maximum atomic E-state index is 12.6. The largest absolute Gasteiger partial charge is 0.324 e. The van der Waals surface area contributed by atoms with Crippen LogP contribution in [-0.2, 0) is 0 Å². The third kappa shape index (κ3) is 3.98. The predicted octanol–water partition coefficient (Wildman–Crippen LogP) is 5.89. The van der Waals surface area contributed by atoms with Crippen molar-refractivity contribution in [3.05, 3.63) is 112 Å². The van der Waals surface area contributed by atoms with E-state index in [0.717, 1.165) is 16.8 Å². The minimum Gasteiger partial charge on any atom is -0.324 e. The summed E-state index contributed by atoms with van der Waals surface area (Å²) in [7, 11) is 0. The van der Waals surface area contributed by atoms with Gasteiger partial charge in [-0.25, -0.2) is 4.68 Å². The molecule has 6 nitrogen and oxygen atoms in total. The van der Waals surface area contributed by atoms with Crippen LogP contribution in [-0.4, -0.2) is 20.7 Å². The first-order chi connectivity index (χ1) is 15.6. The summed E-state index contributed by atoms with van der Waals surface area (Å²) < 4.78 is 1.71. The van der Waals surface area contributed by atoms with E-state index >= 15 is 0 Å². The number of hydrogen-bond acceptors (Lipinski definition) is 4. The third-order valence-corrected chi connectivity index (χ3v) is 5.70. The Kier molecular flexibility index (Phi) is 5.39. The maximum absolute atomic E-state index is 12.6. The fourth-order valence-electron chi connectivity index (χ4n) is 3.54. The fourth-order valence-corrected chi connectivity index (χ4v) is 3.92. The van der Waals surface area contributed by atoms with Crippen molar-refractivity contribution in [3.63, 3.8) is 0 Å². The molecule has 1 aromatic heterocycles. The van der Waals surface area contributed by atoms with Crippen LogP contribution >= 0.6 is 23.2 Å². The number of hydrogen-bond donors (Lipinski definition) is 2. The Labute approximate surface area is 194 Å². The number of amides is 1. The Balaban J connectivity index is 1.52. The summed E-state index contributed by atoms with van der Waals surface area (Å²) in [5.41, 5.74) is 3.23. The van der Waals surface area contributed by atoms with Crippen LogP contribution in [0.15, 0.2) is 84.9 Å². The average Bonchev–Trinajstić information content (AvgIpc) is 3.22. The van der Waals surface area contributed by atoms with Gasteiger partial charge in [0.05, 0.1) is 0 Å². The second-order valence-electron chi connectivity index (χ2n) is 7.20. The molecule has 32 heavy (non-hydrogen) atoms. The van der Waals surface area contributed by atoms with Gasteiger partial charge in [-0.15, -0.1) is 5.10 Å². The molecule has 0 fully saturated rings. The summed E-state index contributed by atoms with van der Waals surface area (Å²) in [6.07, 6.45) is 2.04. The van der Waals surface area contributed by atoms with Gasteiger partial charge in [-0.05, 0) is 47.5 Å². The van der Waals surface area contributed by atoms with Crippen molar-refractivity contribution in [1.29, 1.82) is 0 Å². The molecule has 1 aliphatic rings. The van der Waals surface area contributed by atoms with Gasteiger partial charge in [-0.3, -0.25) is 10.1 Å². The molecule has 0 aliphatic carbocycles. The second kappa shape index (κ2) is 8.49. The number of benzene rings is 3. The molecule has 0 radical (unpaired) electrons. The van der Waals surface area contributed by atoms with Crippen LogP contribution in [0, 0.1) is 0 Å². The van der Waals surface area contributed by atoms with Crippen molar-refractivity contribution < 1.29 is 4.79 Å². The number of allylic oxidation sites excluding steroid dienone is 1. The first-order valence-electron chi connectivity index (χ1n) is 9.90. The summed E-state index contributed by atoms with van der Waals surface area (Å²) >= 11 is 12.4. The average molecular weight is 462 g/mol. The highest BCUT2D eigenvalue weighted by Crippen LogP contribution is 2.35. The molecule has 0 spiro atoms. The standard InChI is InChI=1S/C24H17Cl2N5O/c25-17-12-10-16(11-13-17)22(32)28-23-29-24-27-20(15-6-2-1-3-7-15)14-21(31(24)30-23)18-8-4-5-9-19(18)26/h1-14,21H,(H2,27,28,29,30,32)/t21-/m0/s1. The number of carbonyl (C=O) groups excluding carboxylic acids is 1. The molecular formula is C24H17Cl2N5O. The predicted molar refractivity (Wildman–Crippen MR) is 127 cm³/mol. The summed E-state index contributed by atoms with van der Waals surface area (Å²) in [6.45, 7) is 0. The Morgan fingerprint density at radius 1 is 0.938 bits per heavy atom. The lowest BCUT2D eigenvalue weighted by molar-refractivity contribution is 0.102. The van der Waals surface area contributed by atoms with Crippen LogP contribution in [0.3, 0.4) is 0 Å². The van der Waals surface area contributed by atoms with Crippen LogP contribution in [0.4, 0.5) is 11.9 Å².